The van der Waals surface area contributed by atoms with Crippen LogP contribution < -0.4 is 10.6 Å². The number of rotatable bonds is 8. The van der Waals surface area contributed by atoms with Crippen LogP contribution in [-0.4, -0.2) is 53.8 Å². The Kier molecular flexibility index (Phi) is 10.7. The fourth-order valence-electron chi connectivity index (χ4n) is 2.57. The fraction of sp³-hybridized carbons (Fsp3) is 0.647. The number of piperidine rings is 1. The molecule has 0 bridgehead atoms. The van der Waals surface area contributed by atoms with E-state index in [1.807, 2.05) is 13.1 Å². The summed E-state index contributed by atoms with van der Waals surface area (Å²) in [6, 6.07) is 0. The zero-order chi connectivity index (χ0) is 18.1. The Bertz CT molecular complexity index is 604. The highest BCUT2D eigenvalue weighted by Gasteiger charge is 2.25. The molecule has 2 N–H and O–H groups in total. The first-order valence-corrected chi connectivity index (χ1v) is 9.74. The van der Waals surface area contributed by atoms with E-state index < -0.39 is 0 Å². The molecule has 1 fully saturated rings. The van der Waals surface area contributed by atoms with E-state index in [-0.39, 0.29) is 35.8 Å². The SMILES string of the molecule is CCNC(=NCCc1ncc(CC)s1)NCCN1C(=O)CCCC1=O.I. The largest absolute Gasteiger partial charge is 0.357 e. The van der Waals surface area contributed by atoms with Crippen LogP contribution in [0.2, 0.25) is 0 Å². The van der Waals surface area contributed by atoms with Gasteiger partial charge < -0.3 is 10.6 Å². The van der Waals surface area contributed by atoms with Gasteiger partial charge in [0.25, 0.3) is 0 Å². The first-order chi connectivity index (χ1) is 12.1. The lowest BCUT2D eigenvalue weighted by Crippen LogP contribution is -2.46. The summed E-state index contributed by atoms with van der Waals surface area (Å²) in [5.41, 5.74) is 0. The van der Waals surface area contributed by atoms with Gasteiger partial charge in [-0.2, -0.15) is 0 Å². The van der Waals surface area contributed by atoms with Crippen molar-refractivity contribution in [3.05, 3.63) is 16.1 Å². The fourth-order valence-corrected chi connectivity index (χ4v) is 3.42. The minimum Gasteiger partial charge on any atom is -0.357 e. The lowest BCUT2D eigenvalue weighted by molar-refractivity contribution is -0.147. The number of carbonyl (C=O) groups excluding carboxylic acids is 2. The van der Waals surface area contributed by atoms with E-state index in [4.69, 9.17) is 0 Å². The second-order valence-corrected chi connectivity index (χ2v) is 7.00. The number of thiazole rings is 1. The van der Waals surface area contributed by atoms with Gasteiger partial charge in [-0.15, -0.1) is 35.3 Å². The molecule has 0 spiro atoms. The van der Waals surface area contributed by atoms with Gasteiger partial charge in [0.05, 0.1) is 5.01 Å². The van der Waals surface area contributed by atoms with Crippen molar-refractivity contribution in [3.63, 3.8) is 0 Å². The monoisotopic (exact) mass is 493 g/mol. The van der Waals surface area contributed by atoms with Crippen LogP contribution in [0.1, 0.15) is 43.0 Å². The quantitative estimate of drug-likeness (QED) is 0.250. The molecule has 0 saturated carbocycles. The molecule has 1 aliphatic rings. The third kappa shape index (κ3) is 7.18. The van der Waals surface area contributed by atoms with Crippen LogP contribution in [0.3, 0.4) is 0 Å². The van der Waals surface area contributed by atoms with Gasteiger partial charge in [0.2, 0.25) is 11.8 Å². The second kappa shape index (κ2) is 12.2. The van der Waals surface area contributed by atoms with Crippen molar-refractivity contribution in [2.45, 2.75) is 46.0 Å². The van der Waals surface area contributed by atoms with Crippen molar-refractivity contribution in [2.75, 3.05) is 26.2 Å². The number of nitrogens with zero attached hydrogens (tertiary/aromatic N) is 3. The summed E-state index contributed by atoms with van der Waals surface area (Å²) in [5, 5.41) is 7.46. The Hall–Kier alpha value is -1.23. The first kappa shape index (κ1) is 22.8. The van der Waals surface area contributed by atoms with Crippen molar-refractivity contribution >= 4 is 53.1 Å². The molecule has 2 amide bonds. The molecule has 1 saturated heterocycles. The maximum Gasteiger partial charge on any atom is 0.229 e. The van der Waals surface area contributed by atoms with Gasteiger partial charge >= 0.3 is 0 Å². The number of hydrogen-bond donors (Lipinski definition) is 2. The molecule has 26 heavy (non-hydrogen) atoms. The number of aryl methyl sites for hydroxylation is 1. The van der Waals surface area contributed by atoms with Crippen LogP contribution in [-0.2, 0) is 22.4 Å². The van der Waals surface area contributed by atoms with Crippen molar-refractivity contribution in [1.82, 2.24) is 20.5 Å². The zero-order valence-corrected chi connectivity index (χ0v) is 18.6. The highest BCUT2D eigenvalue weighted by Crippen LogP contribution is 2.13. The number of amides is 2. The number of aromatic nitrogens is 1. The molecule has 0 radical (unpaired) electrons. The minimum atomic E-state index is -0.0736. The van der Waals surface area contributed by atoms with Gasteiger partial charge in [0, 0.05) is 56.5 Å². The van der Waals surface area contributed by atoms with E-state index in [0.717, 1.165) is 24.4 Å². The van der Waals surface area contributed by atoms with Crippen molar-refractivity contribution in [2.24, 2.45) is 4.99 Å². The van der Waals surface area contributed by atoms with Crippen LogP contribution in [0.5, 0.6) is 0 Å². The zero-order valence-electron chi connectivity index (χ0n) is 15.4. The molecule has 1 aromatic heterocycles. The van der Waals surface area contributed by atoms with E-state index in [2.05, 4.69) is 27.5 Å². The number of imide groups is 1. The van der Waals surface area contributed by atoms with E-state index >= 15 is 0 Å². The normalized spacial score (nSPS) is 15.0. The number of carbonyl (C=O) groups is 2. The number of nitrogens with one attached hydrogen (secondary N) is 2. The molecular formula is C17H28IN5O2S. The number of likely N-dealkylation sites (tertiary alicyclic amines) is 1. The van der Waals surface area contributed by atoms with Gasteiger partial charge in [-0.05, 0) is 19.8 Å². The van der Waals surface area contributed by atoms with Gasteiger partial charge in [0.1, 0.15) is 0 Å². The number of aliphatic imine (C=N–C) groups is 1. The van der Waals surface area contributed by atoms with E-state index in [9.17, 15) is 9.59 Å². The van der Waals surface area contributed by atoms with Crippen LogP contribution >= 0.6 is 35.3 Å². The van der Waals surface area contributed by atoms with Crippen LogP contribution in [0.4, 0.5) is 0 Å². The average molecular weight is 493 g/mol. The van der Waals surface area contributed by atoms with Gasteiger partial charge in [-0.1, -0.05) is 6.92 Å². The number of guanidine groups is 1. The summed E-state index contributed by atoms with van der Waals surface area (Å²) in [6.45, 7) is 6.41. The lowest BCUT2D eigenvalue weighted by atomic mass is 10.1. The number of hydrogen-bond acceptors (Lipinski definition) is 5. The summed E-state index contributed by atoms with van der Waals surface area (Å²) in [6.07, 6.45) is 5.35. The highest BCUT2D eigenvalue weighted by molar-refractivity contribution is 14.0. The molecule has 0 aromatic carbocycles. The molecule has 0 aliphatic carbocycles. The summed E-state index contributed by atoms with van der Waals surface area (Å²) in [5.74, 6) is 0.553. The topological polar surface area (TPSA) is 86.7 Å². The van der Waals surface area contributed by atoms with Crippen molar-refractivity contribution < 1.29 is 9.59 Å². The average Bonchev–Trinajstić information content (AvgIpc) is 3.05. The molecule has 1 aromatic rings. The Labute approximate surface area is 176 Å². The predicted molar refractivity (Wildman–Crippen MR) is 115 cm³/mol. The molecule has 7 nitrogen and oxygen atoms in total. The maximum absolute atomic E-state index is 11.8. The van der Waals surface area contributed by atoms with E-state index in [0.29, 0.717) is 44.9 Å². The molecule has 9 heteroatoms. The van der Waals surface area contributed by atoms with Gasteiger partial charge in [0.15, 0.2) is 5.96 Å². The second-order valence-electron chi connectivity index (χ2n) is 5.80. The Morgan fingerprint density at radius 1 is 1.27 bits per heavy atom. The van der Waals surface area contributed by atoms with Gasteiger partial charge in [-0.25, -0.2) is 4.98 Å². The molecule has 2 heterocycles. The molecule has 1 aliphatic heterocycles. The Balaban J connectivity index is 0.00000338. The van der Waals surface area contributed by atoms with E-state index in [1.165, 1.54) is 9.78 Å². The van der Waals surface area contributed by atoms with Crippen molar-refractivity contribution in [1.29, 1.82) is 0 Å². The summed E-state index contributed by atoms with van der Waals surface area (Å²) < 4.78 is 0. The first-order valence-electron chi connectivity index (χ1n) is 8.93. The summed E-state index contributed by atoms with van der Waals surface area (Å²) in [4.78, 5) is 35.1. The molecule has 2 rings (SSSR count). The molecular weight excluding hydrogens is 465 g/mol. The predicted octanol–water partition coefficient (Wildman–Crippen LogP) is 1.96. The number of halogens is 1. The summed E-state index contributed by atoms with van der Waals surface area (Å²) >= 11 is 1.73. The Morgan fingerprint density at radius 2 is 2.00 bits per heavy atom. The van der Waals surface area contributed by atoms with Gasteiger partial charge in [-0.3, -0.25) is 19.5 Å². The summed E-state index contributed by atoms with van der Waals surface area (Å²) in [7, 11) is 0. The molecule has 0 unspecified atom stereocenters. The highest BCUT2D eigenvalue weighted by atomic mass is 127. The molecule has 0 atom stereocenters. The van der Waals surface area contributed by atoms with Crippen LogP contribution in [0, 0.1) is 0 Å². The van der Waals surface area contributed by atoms with Crippen LogP contribution in [0.15, 0.2) is 11.2 Å². The third-order valence-corrected chi connectivity index (χ3v) is 5.10. The van der Waals surface area contributed by atoms with E-state index in [1.54, 1.807) is 11.3 Å². The van der Waals surface area contributed by atoms with Crippen LogP contribution in [0.25, 0.3) is 0 Å². The third-order valence-electron chi connectivity index (χ3n) is 3.90. The standard InChI is InChI=1S/C17H27N5O2S.HI/c1-3-13-12-21-14(25-13)8-9-19-17(18-4-2)20-10-11-22-15(23)6-5-7-16(22)24;/h12H,3-11H2,1-2H3,(H2,18,19,20);1H. The van der Waals surface area contributed by atoms with Crippen molar-refractivity contribution in [3.8, 4) is 0 Å². The Morgan fingerprint density at radius 3 is 2.62 bits per heavy atom. The maximum atomic E-state index is 11.8. The lowest BCUT2D eigenvalue weighted by Gasteiger charge is -2.25. The smallest absolute Gasteiger partial charge is 0.229 e. The minimum absolute atomic E-state index is 0. The molecule has 146 valence electrons.